The van der Waals surface area contributed by atoms with Gasteiger partial charge in [-0.15, -0.1) is 5.73 Å². The zero-order chi connectivity index (χ0) is 20.1. The van der Waals surface area contributed by atoms with E-state index in [-0.39, 0.29) is 6.10 Å². The SMILES string of the molecule is [B]CC(=C=CC)[C@@H]1CCO[Si](C(C)C)(C(C)C)O[Si](C(C)C)(C(C)C)O1. The molecule has 0 saturated carbocycles. The summed E-state index contributed by atoms with van der Waals surface area (Å²) in [5.74, 6) is 0. The molecule has 0 amide bonds. The minimum atomic E-state index is -2.55. The summed E-state index contributed by atoms with van der Waals surface area (Å²) in [6, 6.07) is 0. The summed E-state index contributed by atoms with van der Waals surface area (Å²) >= 11 is 0. The van der Waals surface area contributed by atoms with Crippen LogP contribution in [0.25, 0.3) is 0 Å². The Bertz CT molecular complexity index is 495. The van der Waals surface area contributed by atoms with Crippen molar-refractivity contribution in [1.82, 2.24) is 0 Å². The minimum absolute atomic E-state index is 0.0704. The van der Waals surface area contributed by atoms with Crippen molar-refractivity contribution in [3.05, 3.63) is 17.4 Å². The van der Waals surface area contributed by atoms with Crippen LogP contribution in [0, 0.1) is 0 Å². The Morgan fingerprint density at radius 1 is 1.00 bits per heavy atom. The van der Waals surface area contributed by atoms with E-state index >= 15 is 0 Å². The molecule has 0 bridgehead atoms. The quantitative estimate of drug-likeness (QED) is 0.407. The van der Waals surface area contributed by atoms with Crippen LogP contribution in [0.15, 0.2) is 17.4 Å². The highest BCUT2D eigenvalue weighted by atomic mass is 28.5. The third-order valence-electron chi connectivity index (χ3n) is 5.51. The first-order valence-electron chi connectivity index (χ1n) is 10.2. The maximum absolute atomic E-state index is 7.16. The molecule has 3 nitrogen and oxygen atoms in total. The molecule has 1 saturated heterocycles. The van der Waals surface area contributed by atoms with Gasteiger partial charge in [-0.25, -0.2) is 0 Å². The van der Waals surface area contributed by atoms with Gasteiger partial charge in [0.1, 0.15) is 0 Å². The van der Waals surface area contributed by atoms with Crippen LogP contribution in [-0.2, 0) is 13.0 Å². The second kappa shape index (κ2) is 9.90. The van der Waals surface area contributed by atoms with Crippen molar-refractivity contribution in [2.24, 2.45) is 0 Å². The van der Waals surface area contributed by atoms with E-state index in [9.17, 15) is 0 Å². The van der Waals surface area contributed by atoms with Crippen LogP contribution in [-0.4, -0.2) is 37.7 Å². The topological polar surface area (TPSA) is 27.7 Å². The van der Waals surface area contributed by atoms with Crippen molar-refractivity contribution in [2.75, 3.05) is 6.61 Å². The Labute approximate surface area is 165 Å². The van der Waals surface area contributed by atoms with E-state index in [0.717, 1.165) is 12.0 Å². The zero-order valence-corrected chi connectivity index (χ0v) is 20.4. The highest BCUT2D eigenvalue weighted by molar-refractivity contribution is 6.83. The molecule has 0 spiro atoms. The van der Waals surface area contributed by atoms with Gasteiger partial charge < -0.3 is 13.0 Å². The third-order valence-corrected chi connectivity index (χ3v) is 15.8. The molecule has 1 rings (SSSR count). The van der Waals surface area contributed by atoms with Gasteiger partial charge in [-0.05, 0) is 47.2 Å². The van der Waals surface area contributed by atoms with Crippen molar-refractivity contribution in [1.29, 1.82) is 0 Å². The van der Waals surface area contributed by atoms with E-state index < -0.39 is 17.1 Å². The van der Waals surface area contributed by atoms with Gasteiger partial charge >= 0.3 is 17.1 Å². The maximum atomic E-state index is 7.16. The van der Waals surface area contributed by atoms with E-state index in [1.165, 1.54) is 0 Å². The maximum Gasteiger partial charge on any atom is 0.335 e. The van der Waals surface area contributed by atoms with Gasteiger partial charge in [-0.3, -0.25) is 0 Å². The fourth-order valence-electron chi connectivity index (χ4n) is 4.03. The zero-order valence-electron chi connectivity index (χ0n) is 18.4. The lowest BCUT2D eigenvalue weighted by molar-refractivity contribution is 0.0829. The lowest BCUT2D eigenvalue weighted by atomic mass is 9.92. The average Bonchev–Trinajstić information content (AvgIpc) is 2.52. The fourth-order valence-corrected chi connectivity index (χ4v) is 15.2. The van der Waals surface area contributed by atoms with Gasteiger partial charge in [0.15, 0.2) is 0 Å². The van der Waals surface area contributed by atoms with E-state index in [0.29, 0.717) is 35.1 Å². The van der Waals surface area contributed by atoms with Crippen LogP contribution < -0.4 is 0 Å². The molecule has 0 aromatic carbocycles. The van der Waals surface area contributed by atoms with Gasteiger partial charge in [0.05, 0.1) is 14.0 Å². The highest BCUT2D eigenvalue weighted by Gasteiger charge is 2.57. The molecule has 0 aromatic heterocycles. The molecule has 1 aliphatic heterocycles. The van der Waals surface area contributed by atoms with Gasteiger partial charge in [0, 0.05) is 6.61 Å². The first kappa shape index (κ1) is 23.9. The van der Waals surface area contributed by atoms with Crippen LogP contribution in [0.3, 0.4) is 0 Å². The van der Waals surface area contributed by atoms with Crippen LogP contribution >= 0.6 is 0 Å². The molecule has 26 heavy (non-hydrogen) atoms. The predicted molar refractivity (Wildman–Crippen MR) is 116 cm³/mol. The van der Waals surface area contributed by atoms with Crippen molar-refractivity contribution in [2.45, 2.75) is 103 Å². The van der Waals surface area contributed by atoms with Gasteiger partial charge in [-0.1, -0.05) is 61.7 Å². The van der Waals surface area contributed by atoms with Crippen LogP contribution in [0.1, 0.15) is 68.7 Å². The van der Waals surface area contributed by atoms with Crippen molar-refractivity contribution < 1.29 is 13.0 Å². The van der Waals surface area contributed by atoms with Crippen LogP contribution in [0.5, 0.6) is 0 Å². The first-order chi connectivity index (χ1) is 12.1. The van der Waals surface area contributed by atoms with E-state index in [2.05, 4.69) is 61.1 Å². The molecule has 1 atom stereocenters. The molecule has 0 aromatic rings. The van der Waals surface area contributed by atoms with Gasteiger partial charge in [0.2, 0.25) is 0 Å². The third kappa shape index (κ3) is 4.84. The van der Waals surface area contributed by atoms with Crippen molar-refractivity contribution >= 4 is 25.0 Å². The second-order valence-electron chi connectivity index (χ2n) is 8.57. The highest BCUT2D eigenvalue weighted by Crippen LogP contribution is 2.46. The minimum Gasteiger partial charge on any atom is -0.414 e. The molecule has 0 N–H and O–H groups in total. The largest absolute Gasteiger partial charge is 0.414 e. The van der Waals surface area contributed by atoms with E-state index in [1.807, 2.05) is 13.0 Å². The molecule has 1 aliphatic rings. The summed E-state index contributed by atoms with van der Waals surface area (Å²) in [4.78, 5) is 0. The molecule has 1 heterocycles. The number of hydrogen-bond donors (Lipinski definition) is 0. The van der Waals surface area contributed by atoms with Crippen molar-refractivity contribution in [3.63, 3.8) is 0 Å². The molecule has 0 unspecified atom stereocenters. The Morgan fingerprint density at radius 3 is 1.88 bits per heavy atom. The van der Waals surface area contributed by atoms with E-state index in [4.69, 9.17) is 20.8 Å². The molecule has 0 aliphatic carbocycles. The smallest absolute Gasteiger partial charge is 0.335 e. The summed E-state index contributed by atoms with van der Waals surface area (Å²) in [5.41, 5.74) is 5.74. The van der Waals surface area contributed by atoms with Crippen molar-refractivity contribution in [3.8, 4) is 0 Å². The molecule has 1 fully saturated rings. The summed E-state index contributed by atoms with van der Waals surface area (Å²) in [5, 5.41) is 0. The van der Waals surface area contributed by atoms with Gasteiger partial charge in [-0.2, -0.15) is 0 Å². The average molecular weight is 395 g/mol. The van der Waals surface area contributed by atoms with Gasteiger partial charge in [0.25, 0.3) is 0 Å². The monoisotopic (exact) mass is 394 g/mol. The summed E-state index contributed by atoms with van der Waals surface area (Å²) in [6.45, 7) is 20.6. The normalized spacial score (nSPS) is 23.0. The fraction of sp³-hybridized carbons (Fsp3) is 0.850. The van der Waals surface area contributed by atoms with Crippen LogP contribution in [0.4, 0.5) is 0 Å². The second-order valence-corrected chi connectivity index (χ2v) is 17.4. The summed E-state index contributed by atoms with van der Waals surface area (Å²) < 4.78 is 20.7. The molecular formula is C20H39BO3Si2. The molecule has 6 heteroatoms. The Kier molecular flexibility index (Phi) is 9.12. The lowest BCUT2D eigenvalue weighted by Crippen LogP contribution is -2.63. The number of hydrogen-bond acceptors (Lipinski definition) is 3. The molecule has 2 radical (unpaired) electrons. The van der Waals surface area contributed by atoms with Crippen LogP contribution in [0.2, 0.25) is 28.5 Å². The predicted octanol–water partition coefficient (Wildman–Crippen LogP) is 6.02. The summed E-state index contributed by atoms with van der Waals surface area (Å²) in [6.07, 6.45) is 3.12. The Balaban J connectivity index is 3.48. The summed E-state index contributed by atoms with van der Waals surface area (Å²) in [7, 11) is 1.06. The standard InChI is InChI=1S/C20H39BO3Si2/c1-10-11-19(14-21)20-12-13-22-25(15(2)3,16(4)5)24-26(23-20,17(6)7)18(8)9/h10,15-18,20H,12-14H2,1-9H3/t11?,20-/m0/s1. The molecular weight excluding hydrogens is 355 g/mol. The first-order valence-corrected chi connectivity index (χ1v) is 14.1. The number of rotatable bonds is 6. The van der Waals surface area contributed by atoms with E-state index in [1.54, 1.807) is 0 Å². The Hall–Kier alpha value is -0.101. The Morgan fingerprint density at radius 2 is 1.50 bits per heavy atom. The molecule has 148 valence electrons. The lowest BCUT2D eigenvalue weighted by Gasteiger charge is -2.51.